The van der Waals surface area contributed by atoms with Crippen molar-refractivity contribution >= 4 is 39.0 Å². The van der Waals surface area contributed by atoms with Crippen LogP contribution in [0.1, 0.15) is 23.2 Å². The van der Waals surface area contributed by atoms with Crippen LogP contribution in [0.5, 0.6) is 0 Å². The van der Waals surface area contributed by atoms with E-state index in [4.69, 9.17) is 22.4 Å². The lowest BCUT2D eigenvalue weighted by molar-refractivity contribution is -0.137. The third-order valence-electron chi connectivity index (χ3n) is 8.06. The number of rotatable bonds is 8. The number of piperazine rings is 1. The van der Waals surface area contributed by atoms with E-state index in [1.165, 1.54) is 16.4 Å². The summed E-state index contributed by atoms with van der Waals surface area (Å²) < 4.78 is 67.5. The monoisotopic (exact) mass is 669 g/mol. The second-order valence-electron chi connectivity index (χ2n) is 11.3. The molecule has 11 nitrogen and oxygen atoms in total. The van der Waals surface area contributed by atoms with Gasteiger partial charge < -0.3 is 21.1 Å². The van der Waals surface area contributed by atoms with E-state index in [0.29, 0.717) is 85.3 Å². The first kappa shape index (κ1) is 33.0. The summed E-state index contributed by atoms with van der Waals surface area (Å²) in [6.07, 6.45) is -3.16. The Labute approximate surface area is 264 Å². The largest absolute Gasteiger partial charge is 0.416 e. The van der Waals surface area contributed by atoms with Crippen LogP contribution >= 0.6 is 11.6 Å². The number of hydrogen-bond acceptors (Lipinski definition) is 7. The molecule has 244 valence electrons. The predicted molar refractivity (Wildman–Crippen MR) is 166 cm³/mol. The number of urea groups is 1. The molecule has 2 amide bonds. The van der Waals surface area contributed by atoms with Crippen LogP contribution in [0, 0.1) is 0 Å². The average Bonchev–Trinajstić information content (AvgIpc) is 3.12. The summed E-state index contributed by atoms with van der Waals surface area (Å²) in [4.78, 5) is 15.6. The molecular formula is C29H35ClF3N7O4S. The van der Waals surface area contributed by atoms with Gasteiger partial charge in [0.05, 0.1) is 46.6 Å². The Kier molecular flexibility index (Phi) is 9.65. The summed E-state index contributed by atoms with van der Waals surface area (Å²) in [6, 6.07) is 9.13. The molecule has 2 aromatic carbocycles. The zero-order valence-electron chi connectivity index (χ0n) is 24.6. The van der Waals surface area contributed by atoms with Gasteiger partial charge in [-0.05, 0) is 37.1 Å². The van der Waals surface area contributed by atoms with Gasteiger partial charge in [0.15, 0.2) is 0 Å². The molecule has 3 aromatic rings. The number of aliphatic hydroxyl groups excluding tert-OH is 1. The van der Waals surface area contributed by atoms with Gasteiger partial charge in [0.25, 0.3) is 0 Å². The van der Waals surface area contributed by atoms with Crippen LogP contribution in [0.25, 0.3) is 11.3 Å². The fourth-order valence-electron chi connectivity index (χ4n) is 5.92. The van der Waals surface area contributed by atoms with Crippen molar-refractivity contribution < 1.29 is 31.5 Å². The average molecular weight is 670 g/mol. The number of amides is 2. The van der Waals surface area contributed by atoms with E-state index < -0.39 is 33.9 Å². The molecule has 3 heterocycles. The predicted octanol–water partition coefficient (Wildman–Crippen LogP) is 3.60. The standard InChI is InChI=1S/C29H35ClF3N7O4S/c1-45(43,44)39-11-3-6-25-22(18-39)26(19-7-9-20(10-8-19)29(31,32)33)36-40(25)17-21(41)16-37-12-14-38(15-13-37)27-23(30)4-2-5-24(27)35-28(34)42/h2,4-5,7-10,21,41H,3,6,11-18H2,1H3,(H3,34,35,42). The fraction of sp³-hybridized carbons (Fsp3) is 0.448. The number of hydrogen-bond donors (Lipinski definition) is 3. The number of carbonyl (C=O) groups excluding carboxylic acids is 1. The van der Waals surface area contributed by atoms with Gasteiger partial charge in [-0.3, -0.25) is 9.58 Å². The van der Waals surface area contributed by atoms with E-state index >= 15 is 0 Å². The maximum absolute atomic E-state index is 13.2. The third-order valence-corrected chi connectivity index (χ3v) is 9.62. The van der Waals surface area contributed by atoms with Crippen molar-refractivity contribution in [3.8, 4) is 11.3 Å². The number of fused-ring (bicyclic) bond motifs is 1. The number of nitrogens with two attached hydrogens (primary N) is 1. The van der Waals surface area contributed by atoms with Crippen molar-refractivity contribution in [2.24, 2.45) is 5.73 Å². The summed E-state index contributed by atoms with van der Waals surface area (Å²) in [5, 5.41) is 18.9. The Morgan fingerprint density at radius 1 is 1.09 bits per heavy atom. The minimum Gasteiger partial charge on any atom is -0.390 e. The van der Waals surface area contributed by atoms with Crippen molar-refractivity contribution in [1.29, 1.82) is 0 Å². The fourth-order valence-corrected chi connectivity index (χ4v) is 7.04. The lowest BCUT2D eigenvalue weighted by atomic mass is 10.0. The molecular weight excluding hydrogens is 635 g/mol. The normalized spacial score (nSPS) is 17.5. The minimum atomic E-state index is -4.49. The highest BCUT2D eigenvalue weighted by atomic mass is 35.5. The molecule has 1 atom stereocenters. The lowest BCUT2D eigenvalue weighted by Crippen LogP contribution is -2.49. The molecule has 16 heteroatoms. The van der Waals surface area contributed by atoms with Crippen LogP contribution in [0.3, 0.4) is 0 Å². The number of nitrogens with one attached hydrogen (secondary N) is 1. The Bertz CT molecular complexity index is 1640. The number of para-hydroxylation sites is 1. The second kappa shape index (κ2) is 13.2. The molecule has 0 spiro atoms. The molecule has 1 saturated heterocycles. The smallest absolute Gasteiger partial charge is 0.390 e. The van der Waals surface area contributed by atoms with Crippen molar-refractivity contribution in [3.63, 3.8) is 0 Å². The van der Waals surface area contributed by atoms with E-state index in [-0.39, 0.29) is 13.1 Å². The molecule has 2 aliphatic heterocycles. The van der Waals surface area contributed by atoms with Gasteiger partial charge in [0, 0.05) is 62.6 Å². The van der Waals surface area contributed by atoms with E-state index in [1.54, 1.807) is 22.9 Å². The first-order valence-corrected chi connectivity index (χ1v) is 16.6. The van der Waals surface area contributed by atoms with Crippen LogP contribution in [0.2, 0.25) is 5.02 Å². The van der Waals surface area contributed by atoms with Gasteiger partial charge in [0.2, 0.25) is 10.0 Å². The maximum Gasteiger partial charge on any atom is 0.416 e. The zero-order chi connectivity index (χ0) is 32.5. The summed E-state index contributed by atoms with van der Waals surface area (Å²) in [6.45, 7) is 3.18. The van der Waals surface area contributed by atoms with Crippen LogP contribution in [0.4, 0.5) is 29.3 Å². The number of alkyl halides is 3. The SMILES string of the molecule is CS(=O)(=O)N1CCCc2c(c(-c3ccc(C(F)(F)F)cc3)nn2CC(O)CN2CCN(c3c(Cl)cccc3NC(N)=O)CC2)C1. The molecule has 1 unspecified atom stereocenters. The van der Waals surface area contributed by atoms with Gasteiger partial charge in [-0.15, -0.1) is 0 Å². The molecule has 0 saturated carbocycles. The topological polar surface area (TPSA) is 137 Å². The first-order chi connectivity index (χ1) is 21.2. The number of aliphatic hydroxyl groups is 1. The molecule has 0 bridgehead atoms. The number of aromatic nitrogens is 2. The van der Waals surface area contributed by atoms with Gasteiger partial charge in [-0.2, -0.15) is 22.6 Å². The van der Waals surface area contributed by atoms with Crippen LogP contribution in [0.15, 0.2) is 42.5 Å². The highest BCUT2D eigenvalue weighted by molar-refractivity contribution is 7.88. The first-order valence-electron chi connectivity index (χ1n) is 14.4. The molecule has 0 radical (unpaired) electrons. The van der Waals surface area contributed by atoms with E-state index in [0.717, 1.165) is 24.1 Å². The number of carbonyl (C=O) groups is 1. The lowest BCUT2D eigenvalue weighted by Gasteiger charge is -2.38. The number of nitrogens with zero attached hydrogens (tertiary/aromatic N) is 5. The highest BCUT2D eigenvalue weighted by Gasteiger charge is 2.32. The van der Waals surface area contributed by atoms with Crippen LogP contribution in [-0.4, -0.2) is 90.2 Å². The Hall–Kier alpha value is -3.37. The van der Waals surface area contributed by atoms with E-state index in [1.807, 2.05) is 4.90 Å². The van der Waals surface area contributed by atoms with Crippen LogP contribution in [-0.2, 0) is 35.7 Å². The maximum atomic E-state index is 13.2. The highest BCUT2D eigenvalue weighted by Crippen LogP contribution is 2.36. The quantitative estimate of drug-likeness (QED) is 0.333. The Morgan fingerprint density at radius 2 is 1.78 bits per heavy atom. The third kappa shape index (κ3) is 7.72. The second-order valence-corrected chi connectivity index (χ2v) is 13.7. The molecule has 0 aliphatic carbocycles. The molecule has 2 aliphatic rings. The molecule has 45 heavy (non-hydrogen) atoms. The summed E-state index contributed by atoms with van der Waals surface area (Å²) in [5.41, 5.74) is 7.94. The van der Waals surface area contributed by atoms with Crippen LogP contribution < -0.4 is 16.0 Å². The van der Waals surface area contributed by atoms with Gasteiger partial charge in [0.1, 0.15) is 0 Å². The number of anilines is 2. The van der Waals surface area contributed by atoms with E-state index in [2.05, 4.69) is 10.2 Å². The molecule has 1 fully saturated rings. The molecule has 1 aromatic heterocycles. The van der Waals surface area contributed by atoms with Crippen molar-refractivity contribution in [2.75, 3.05) is 55.7 Å². The molecule has 4 N–H and O–H groups in total. The minimum absolute atomic E-state index is 0.0389. The van der Waals surface area contributed by atoms with Gasteiger partial charge in [-0.1, -0.05) is 29.8 Å². The van der Waals surface area contributed by atoms with Crippen molar-refractivity contribution in [2.45, 2.75) is 38.2 Å². The Morgan fingerprint density at radius 3 is 2.40 bits per heavy atom. The molecule has 5 rings (SSSR count). The number of primary amides is 1. The zero-order valence-corrected chi connectivity index (χ0v) is 26.2. The number of halogens is 4. The summed E-state index contributed by atoms with van der Waals surface area (Å²) in [7, 11) is -3.53. The van der Waals surface area contributed by atoms with Crippen molar-refractivity contribution in [1.82, 2.24) is 19.0 Å². The van der Waals surface area contributed by atoms with Gasteiger partial charge >= 0.3 is 12.2 Å². The van der Waals surface area contributed by atoms with E-state index in [9.17, 15) is 31.5 Å². The Balaban J connectivity index is 1.32. The van der Waals surface area contributed by atoms with Crippen molar-refractivity contribution in [3.05, 3.63) is 64.3 Å². The number of β-amino-alcohol motifs (C(OH)–C–C–N with tert-alkyl or cyclic N) is 1. The number of benzene rings is 2. The summed E-state index contributed by atoms with van der Waals surface area (Å²) >= 11 is 6.45. The van der Waals surface area contributed by atoms with Gasteiger partial charge in [-0.25, -0.2) is 13.2 Å². The summed E-state index contributed by atoms with van der Waals surface area (Å²) in [5.74, 6) is 0. The number of sulfonamides is 1.